The maximum absolute atomic E-state index is 12.8. The normalized spacial score (nSPS) is 11.6. The van der Waals surface area contributed by atoms with Gasteiger partial charge in [0.1, 0.15) is 0 Å². The molecule has 2 rings (SSSR count). The molecule has 2 aromatic carbocycles. The van der Waals surface area contributed by atoms with Crippen LogP contribution in [0.15, 0.2) is 45.8 Å². The second-order valence-electron chi connectivity index (χ2n) is 5.59. The number of rotatable bonds is 7. The van der Waals surface area contributed by atoms with E-state index in [0.29, 0.717) is 18.1 Å². The first-order chi connectivity index (χ1) is 11.8. The van der Waals surface area contributed by atoms with Crippen LogP contribution in [-0.2, 0) is 16.6 Å². The molecule has 0 amide bonds. The quantitative estimate of drug-likeness (QED) is 0.670. The summed E-state index contributed by atoms with van der Waals surface area (Å²) in [4.78, 5) is 0.272. The number of sulfonamides is 1. The lowest BCUT2D eigenvalue weighted by atomic mass is 10.2. The van der Waals surface area contributed by atoms with Crippen LogP contribution in [-0.4, -0.2) is 33.5 Å². The summed E-state index contributed by atoms with van der Waals surface area (Å²) in [7, 11) is -0.449. The van der Waals surface area contributed by atoms with Crippen molar-refractivity contribution in [2.24, 2.45) is 0 Å². The van der Waals surface area contributed by atoms with Crippen LogP contribution < -0.4 is 9.47 Å². The number of halogens is 1. The van der Waals surface area contributed by atoms with Gasteiger partial charge in [0, 0.05) is 18.1 Å². The molecular weight excluding hydrogens is 406 g/mol. The number of hydrogen-bond acceptors (Lipinski definition) is 4. The molecule has 0 bridgehead atoms. The predicted molar refractivity (Wildman–Crippen MR) is 102 cm³/mol. The second kappa shape index (κ2) is 8.21. The largest absolute Gasteiger partial charge is 0.493 e. The second-order valence-corrected chi connectivity index (χ2v) is 8.49. The van der Waals surface area contributed by atoms with E-state index in [2.05, 4.69) is 15.9 Å². The Morgan fingerprint density at radius 2 is 1.84 bits per heavy atom. The standard InChI is InChI=1S/C18H22BrNO4S/c1-5-24-17-9-6-14(11-18(17)23-4)12-20(3)25(21,22)15-7-8-16(19)13(2)10-15/h6-11H,5,12H2,1-4H3. The Morgan fingerprint density at radius 3 is 2.44 bits per heavy atom. The van der Waals surface area contributed by atoms with E-state index < -0.39 is 10.0 Å². The van der Waals surface area contributed by atoms with Gasteiger partial charge in [-0.25, -0.2) is 8.42 Å². The molecule has 0 unspecified atom stereocenters. The van der Waals surface area contributed by atoms with E-state index in [1.807, 2.05) is 19.9 Å². The third-order valence-electron chi connectivity index (χ3n) is 3.77. The molecule has 0 fully saturated rings. The summed E-state index contributed by atoms with van der Waals surface area (Å²) >= 11 is 3.39. The molecule has 0 aliphatic carbocycles. The highest BCUT2D eigenvalue weighted by molar-refractivity contribution is 9.10. The van der Waals surface area contributed by atoms with Crippen LogP contribution in [0.3, 0.4) is 0 Å². The number of methoxy groups -OCH3 is 1. The molecule has 0 saturated heterocycles. The molecule has 25 heavy (non-hydrogen) atoms. The molecule has 0 aliphatic heterocycles. The Kier molecular flexibility index (Phi) is 6.48. The van der Waals surface area contributed by atoms with Gasteiger partial charge in [0.25, 0.3) is 0 Å². The molecule has 0 aromatic heterocycles. The Labute approximate surface area is 157 Å². The van der Waals surface area contributed by atoms with Gasteiger partial charge < -0.3 is 9.47 Å². The third kappa shape index (κ3) is 4.54. The fourth-order valence-corrected chi connectivity index (χ4v) is 3.88. The van der Waals surface area contributed by atoms with E-state index in [9.17, 15) is 8.42 Å². The van der Waals surface area contributed by atoms with Crippen LogP contribution in [0.2, 0.25) is 0 Å². The number of aryl methyl sites for hydroxylation is 1. The Bertz CT molecular complexity index is 852. The topological polar surface area (TPSA) is 55.8 Å². The molecular formula is C18H22BrNO4S. The lowest BCUT2D eigenvalue weighted by Gasteiger charge is -2.19. The van der Waals surface area contributed by atoms with Crippen LogP contribution in [0.1, 0.15) is 18.1 Å². The van der Waals surface area contributed by atoms with Gasteiger partial charge in [0.2, 0.25) is 10.0 Å². The van der Waals surface area contributed by atoms with Crippen LogP contribution in [0, 0.1) is 6.92 Å². The van der Waals surface area contributed by atoms with Gasteiger partial charge in [-0.3, -0.25) is 0 Å². The smallest absolute Gasteiger partial charge is 0.243 e. The zero-order chi connectivity index (χ0) is 18.6. The van der Waals surface area contributed by atoms with Crippen molar-refractivity contribution in [3.8, 4) is 11.5 Å². The van der Waals surface area contributed by atoms with Gasteiger partial charge in [-0.1, -0.05) is 22.0 Å². The molecule has 0 heterocycles. The van der Waals surface area contributed by atoms with Crippen molar-refractivity contribution in [1.29, 1.82) is 0 Å². The monoisotopic (exact) mass is 427 g/mol. The minimum atomic E-state index is -3.58. The van der Waals surface area contributed by atoms with Gasteiger partial charge >= 0.3 is 0 Å². The molecule has 0 N–H and O–H groups in total. The van der Waals surface area contributed by atoms with Crippen molar-refractivity contribution in [1.82, 2.24) is 4.31 Å². The molecule has 0 atom stereocenters. The van der Waals surface area contributed by atoms with Crippen LogP contribution in [0.4, 0.5) is 0 Å². The van der Waals surface area contributed by atoms with Gasteiger partial charge in [-0.05, 0) is 55.3 Å². The highest BCUT2D eigenvalue weighted by atomic mass is 79.9. The van der Waals surface area contributed by atoms with E-state index >= 15 is 0 Å². The summed E-state index contributed by atoms with van der Waals surface area (Å²) in [6.45, 7) is 4.53. The molecule has 136 valence electrons. The molecule has 0 aliphatic rings. The lowest BCUT2D eigenvalue weighted by molar-refractivity contribution is 0.310. The Hall–Kier alpha value is -1.57. The zero-order valence-corrected chi connectivity index (χ0v) is 17.1. The van der Waals surface area contributed by atoms with Crippen molar-refractivity contribution in [3.63, 3.8) is 0 Å². The lowest BCUT2D eigenvalue weighted by Crippen LogP contribution is -2.26. The first-order valence-corrected chi connectivity index (χ1v) is 10.0. The molecule has 0 spiro atoms. The van der Waals surface area contributed by atoms with Crippen LogP contribution in [0.5, 0.6) is 11.5 Å². The van der Waals surface area contributed by atoms with Crippen molar-refractivity contribution < 1.29 is 17.9 Å². The number of hydrogen-bond donors (Lipinski definition) is 0. The Morgan fingerprint density at radius 1 is 1.12 bits per heavy atom. The first-order valence-electron chi connectivity index (χ1n) is 7.81. The van der Waals surface area contributed by atoms with Crippen molar-refractivity contribution in [2.75, 3.05) is 20.8 Å². The molecule has 0 saturated carbocycles. The predicted octanol–water partition coefficient (Wildman–Crippen LogP) is 3.99. The maximum atomic E-state index is 12.8. The SMILES string of the molecule is CCOc1ccc(CN(C)S(=O)(=O)c2ccc(Br)c(C)c2)cc1OC. The zero-order valence-electron chi connectivity index (χ0n) is 14.7. The van der Waals surface area contributed by atoms with Crippen molar-refractivity contribution >= 4 is 26.0 Å². The summed E-state index contributed by atoms with van der Waals surface area (Å²) < 4.78 is 38.6. The van der Waals surface area contributed by atoms with E-state index in [0.717, 1.165) is 15.6 Å². The van der Waals surface area contributed by atoms with E-state index in [-0.39, 0.29) is 11.4 Å². The van der Waals surface area contributed by atoms with Crippen LogP contribution >= 0.6 is 15.9 Å². The average molecular weight is 428 g/mol. The summed E-state index contributed by atoms with van der Waals surface area (Å²) in [5, 5.41) is 0. The van der Waals surface area contributed by atoms with E-state index in [4.69, 9.17) is 9.47 Å². The van der Waals surface area contributed by atoms with Gasteiger partial charge in [-0.15, -0.1) is 0 Å². The highest BCUT2D eigenvalue weighted by Crippen LogP contribution is 2.29. The minimum Gasteiger partial charge on any atom is -0.493 e. The summed E-state index contributed by atoms with van der Waals surface area (Å²) in [5.74, 6) is 1.23. The molecule has 2 aromatic rings. The first kappa shape index (κ1) is 19.8. The van der Waals surface area contributed by atoms with E-state index in [1.165, 1.54) is 4.31 Å². The maximum Gasteiger partial charge on any atom is 0.243 e. The van der Waals surface area contributed by atoms with E-state index in [1.54, 1.807) is 44.5 Å². The van der Waals surface area contributed by atoms with Gasteiger partial charge in [0.05, 0.1) is 18.6 Å². The number of benzene rings is 2. The summed E-state index contributed by atoms with van der Waals surface area (Å²) in [6, 6.07) is 10.4. The number of ether oxygens (including phenoxy) is 2. The molecule has 5 nitrogen and oxygen atoms in total. The van der Waals surface area contributed by atoms with Gasteiger partial charge in [-0.2, -0.15) is 4.31 Å². The molecule has 0 radical (unpaired) electrons. The third-order valence-corrected chi connectivity index (χ3v) is 6.46. The van der Waals surface area contributed by atoms with Crippen molar-refractivity contribution in [2.45, 2.75) is 25.3 Å². The average Bonchev–Trinajstić information content (AvgIpc) is 2.58. The van der Waals surface area contributed by atoms with Gasteiger partial charge in [0.15, 0.2) is 11.5 Å². The molecule has 7 heteroatoms. The summed E-state index contributed by atoms with van der Waals surface area (Å²) in [5.41, 5.74) is 1.69. The minimum absolute atomic E-state index is 0.236. The Balaban J connectivity index is 2.25. The fraction of sp³-hybridized carbons (Fsp3) is 0.333. The number of nitrogens with zero attached hydrogens (tertiary/aromatic N) is 1. The fourth-order valence-electron chi connectivity index (χ4n) is 2.38. The van der Waals surface area contributed by atoms with Crippen LogP contribution in [0.25, 0.3) is 0 Å². The van der Waals surface area contributed by atoms with Crippen molar-refractivity contribution in [3.05, 3.63) is 52.0 Å². The summed E-state index contributed by atoms with van der Waals surface area (Å²) in [6.07, 6.45) is 0. The highest BCUT2D eigenvalue weighted by Gasteiger charge is 2.22.